The summed E-state index contributed by atoms with van der Waals surface area (Å²) in [5, 5.41) is 10.2. The smallest absolute Gasteiger partial charge is 0.294 e. The van der Waals surface area contributed by atoms with E-state index in [1.807, 2.05) is 0 Å². The SMILES string of the molecule is CCOc1cc(/C=C2\SC(=O)N(CC(N)=O)C2=O)ccc1Oc1ccc([N+](=O)[O-])cn1. The molecule has 160 valence electrons. The van der Waals surface area contributed by atoms with Crippen LogP contribution in [0.1, 0.15) is 12.5 Å². The average Bonchev–Trinajstić information content (AvgIpc) is 2.97. The van der Waals surface area contributed by atoms with Gasteiger partial charge in [-0.2, -0.15) is 0 Å². The molecule has 2 N–H and O–H groups in total. The number of benzene rings is 1. The second kappa shape index (κ2) is 9.26. The zero-order valence-corrected chi connectivity index (χ0v) is 17.0. The molecule has 0 saturated carbocycles. The summed E-state index contributed by atoms with van der Waals surface area (Å²) in [6.07, 6.45) is 2.56. The largest absolute Gasteiger partial charge is 0.490 e. The predicted octanol–water partition coefficient (Wildman–Crippen LogP) is 2.70. The van der Waals surface area contributed by atoms with Crippen LogP contribution in [0.15, 0.2) is 41.4 Å². The van der Waals surface area contributed by atoms with Crippen molar-refractivity contribution < 1.29 is 28.8 Å². The number of amides is 3. The molecule has 12 heteroatoms. The number of imide groups is 1. The second-order valence-electron chi connectivity index (χ2n) is 6.09. The third-order valence-corrected chi connectivity index (χ3v) is 4.81. The molecule has 2 heterocycles. The topological polar surface area (TPSA) is 155 Å². The van der Waals surface area contributed by atoms with Crippen LogP contribution in [0.4, 0.5) is 10.5 Å². The van der Waals surface area contributed by atoms with E-state index in [1.165, 1.54) is 18.2 Å². The number of nitro groups is 1. The average molecular weight is 444 g/mol. The number of nitrogens with two attached hydrogens (primary N) is 1. The summed E-state index contributed by atoms with van der Waals surface area (Å²) in [5.74, 6) is -0.618. The highest BCUT2D eigenvalue weighted by atomic mass is 32.2. The van der Waals surface area contributed by atoms with Gasteiger partial charge in [-0.15, -0.1) is 0 Å². The maximum Gasteiger partial charge on any atom is 0.294 e. The zero-order valence-electron chi connectivity index (χ0n) is 16.1. The van der Waals surface area contributed by atoms with Crippen LogP contribution < -0.4 is 15.2 Å². The molecule has 1 aliphatic rings. The Morgan fingerprint density at radius 2 is 2.06 bits per heavy atom. The van der Waals surface area contributed by atoms with Gasteiger partial charge in [0.15, 0.2) is 11.5 Å². The van der Waals surface area contributed by atoms with Gasteiger partial charge in [0.1, 0.15) is 12.7 Å². The second-order valence-corrected chi connectivity index (χ2v) is 7.08. The molecule has 1 aromatic heterocycles. The van der Waals surface area contributed by atoms with Gasteiger partial charge in [-0.05, 0) is 42.5 Å². The fourth-order valence-electron chi connectivity index (χ4n) is 2.56. The first-order chi connectivity index (χ1) is 14.8. The number of hydrogen-bond donors (Lipinski definition) is 1. The van der Waals surface area contributed by atoms with Crippen molar-refractivity contribution in [2.75, 3.05) is 13.2 Å². The normalized spacial score (nSPS) is 14.7. The van der Waals surface area contributed by atoms with Crippen molar-refractivity contribution in [3.8, 4) is 17.4 Å². The Hall–Kier alpha value is -3.93. The number of pyridine rings is 1. The van der Waals surface area contributed by atoms with E-state index < -0.39 is 28.5 Å². The van der Waals surface area contributed by atoms with Gasteiger partial charge in [0.2, 0.25) is 11.8 Å². The van der Waals surface area contributed by atoms with Crippen molar-refractivity contribution in [2.24, 2.45) is 5.73 Å². The Labute approximate surface area is 180 Å². The van der Waals surface area contributed by atoms with E-state index in [-0.39, 0.29) is 16.5 Å². The molecule has 2 aromatic rings. The first-order valence-corrected chi connectivity index (χ1v) is 9.69. The molecule has 0 unspecified atom stereocenters. The number of carbonyl (C=O) groups is 3. The monoisotopic (exact) mass is 444 g/mol. The number of rotatable bonds is 8. The Bertz CT molecular complexity index is 1090. The van der Waals surface area contributed by atoms with Gasteiger partial charge in [0, 0.05) is 12.1 Å². The molecule has 1 fully saturated rings. The maximum absolute atomic E-state index is 12.3. The van der Waals surface area contributed by atoms with Crippen LogP contribution in [0.25, 0.3) is 6.08 Å². The molecule has 1 aromatic carbocycles. The van der Waals surface area contributed by atoms with Crippen LogP contribution in [0.3, 0.4) is 0 Å². The summed E-state index contributed by atoms with van der Waals surface area (Å²) >= 11 is 0.702. The van der Waals surface area contributed by atoms with E-state index in [1.54, 1.807) is 25.1 Å². The minimum atomic E-state index is -0.788. The van der Waals surface area contributed by atoms with Crippen molar-refractivity contribution in [3.63, 3.8) is 0 Å². The standard InChI is InChI=1S/C19H16N4O7S/c1-2-29-14-7-11(8-15-18(25)22(10-16(20)24)19(26)31-15)3-5-13(14)30-17-6-4-12(9-21-17)23(27)28/h3-9H,2,10H2,1H3,(H2,20,24)/b15-8-. The summed E-state index contributed by atoms with van der Waals surface area (Å²) < 4.78 is 11.2. The zero-order chi connectivity index (χ0) is 22.5. The molecule has 0 aliphatic carbocycles. The lowest BCUT2D eigenvalue weighted by atomic mass is 10.2. The Kier molecular flexibility index (Phi) is 6.50. The van der Waals surface area contributed by atoms with Crippen LogP contribution in [0.2, 0.25) is 0 Å². The van der Waals surface area contributed by atoms with Gasteiger partial charge >= 0.3 is 0 Å². The van der Waals surface area contributed by atoms with Crippen LogP contribution in [-0.2, 0) is 9.59 Å². The Balaban J connectivity index is 1.84. The van der Waals surface area contributed by atoms with Crippen LogP contribution in [0, 0.1) is 10.1 Å². The number of ether oxygens (including phenoxy) is 2. The molecule has 0 radical (unpaired) electrons. The van der Waals surface area contributed by atoms with Crippen molar-refractivity contribution in [3.05, 3.63) is 57.1 Å². The van der Waals surface area contributed by atoms with E-state index in [0.29, 0.717) is 35.4 Å². The number of hydrogen-bond acceptors (Lipinski definition) is 9. The molecular formula is C19H16N4O7S. The maximum atomic E-state index is 12.3. The summed E-state index contributed by atoms with van der Waals surface area (Å²) in [4.78, 5) is 50.3. The fourth-order valence-corrected chi connectivity index (χ4v) is 3.40. The van der Waals surface area contributed by atoms with E-state index in [0.717, 1.165) is 11.1 Å². The lowest BCUT2D eigenvalue weighted by Crippen LogP contribution is -2.36. The van der Waals surface area contributed by atoms with Crippen molar-refractivity contribution in [1.82, 2.24) is 9.88 Å². The molecule has 1 saturated heterocycles. The van der Waals surface area contributed by atoms with Crippen molar-refractivity contribution >= 4 is 40.6 Å². The molecule has 31 heavy (non-hydrogen) atoms. The molecular weight excluding hydrogens is 428 g/mol. The number of aromatic nitrogens is 1. The van der Waals surface area contributed by atoms with Gasteiger partial charge in [-0.1, -0.05) is 6.07 Å². The lowest BCUT2D eigenvalue weighted by Gasteiger charge is -2.12. The first-order valence-electron chi connectivity index (χ1n) is 8.87. The highest BCUT2D eigenvalue weighted by Crippen LogP contribution is 2.36. The molecule has 0 spiro atoms. The highest BCUT2D eigenvalue weighted by molar-refractivity contribution is 8.18. The molecule has 1 aliphatic heterocycles. The van der Waals surface area contributed by atoms with Crippen LogP contribution in [0.5, 0.6) is 17.4 Å². The Morgan fingerprint density at radius 3 is 2.68 bits per heavy atom. The lowest BCUT2D eigenvalue weighted by molar-refractivity contribution is -0.385. The van der Waals surface area contributed by atoms with E-state index >= 15 is 0 Å². The summed E-state index contributed by atoms with van der Waals surface area (Å²) in [6.45, 7) is 1.61. The van der Waals surface area contributed by atoms with Crippen molar-refractivity contribution in [2.45, 2.75) is 6.92 Å². The fraction of sp³-hybridized carbons (Fsp3) is 0.158. The minimum absolute atomic E-state index is 0.131. The number of thioether (sulfide) groups is 1. The van der Waals surface area contributed by atoms with Crippen molar-refractivity contribution in [1.29, 1.82) is 0 Å². The predicted molar refractivity (Wildman–Crippen MR) is 110 cm³/mol. The molecule has 11 nitrogen and oxygen atoms in total. The summed E-state index contributed by atoms with van der Waals surface area (Å²) in [7, 11) is 0. The minimum Gasteiger partial charge on any atom is -0.490 e. The molecule has 3 amide bonds. The van der Waals surface area contributed by atoms with Gasteiger partial charge in [-0.25, -0.2) is 4.98 Å². The van der Waals surface area contributed by atoms with E-state index in [4.69, 9.17) is 15.2 Å². The third-order valence-electron chi connectivity index (χ3n) is 3.90. The van der Waals surface area contributed by atoms with Gasteiger partial charge in [0.25, 0.3) is 16.8 Å². The van der Waals surface area contributed by atoms with Crippen LogP contribution in [-0.4, -0.2) is 45.0 Å². The molecule has 3 rings (SSSR count). The first kappa shape index (κ1) is 21.8. The van der Waals surface area contributed by atoms with Gasteiger partial charge < -0.3 is 15.2 Å². The van der Waals surface area contributed by atoms with Crippen LogP contribution >= 0.6 is 11.8 Å². The third kappa shape index (κ3) is 5.17. The van der Waals surface area contributed by atoms with E-state index in [9.17, 15) is 24.5 Å². The van der Waals surface area contributed by atoms with Gasteiger partial charge in [-0.3, -0.25) is 29.4 Å². The molecule has 0 bridgehead atoms. The number of carbonyl (C=O) groups excluding carboxylic acids is 3. The number of primary amides is 1. The summed E-state index contributed by atoms with van der Waals surface area (Å²) in [5.41, 5.74) is 5.45. The number of nitrogens with zero attached hydrogens (tertiary/aromatic N) is 3. The quantitative estimate of drug-likeness (QED) is 0.367. The van der Waals surface area contributed by atoms with Gasteiger partial charge in [0.05, 0.1) is 16.4 Å². The highest BCUT2D eigenvalue weighted by Gasteiger charge is 2.35. The van der Waals surface area contributed by atoms with E-state index in [2.05, 4.69) is 4.98 Å². The Morgan fingerprint density at radius 1 is 1.29 bits per heavy atom. The summed E-state index contributed by atoms with van der Waals surface area (Å²) in [6, 6.07) is 7.43. The molecule has 0 atom stereocenters.